The summed E-state index contributed by atoms with van der Waals surface area (Å²) >= 11 is 4.39. The molecule has 0 amide bonds. The first-order valence-electron chi connectivity index (χ1n) is 10.2. The quantitative estimate of drug-likeness (QED) is 0.527. The summed E-state index contributed by atoms with van der Waals surface area (Å²) in [4.78, 5) is 0. The lowest BCUT2D eigenvalue weighted by Gasteiger charge is -2.58. The van der Waals surface area contributed by atoms with Crippen LogP contribution in [0.25, 0.3) is 0 Å². The van der Waals surface area contributed by atoms with Gasteiger partial charge in [-0.05, 0) is 80.0 Å². The summed E-state index contributed by atoms with van der Waals surface area (Å²) in [5.74, 6) is 3.55. The fraction of sp³-hybridized carbons (Fsp3) is 0.905. The van der Waals surface area contributed by atoms with Crippen molar-refractivity contribution in [3.05, 3.63) is 11.6 Å². The van der Waals surface area contributed by atoms with Gasteiger partial charge >= 0.3 is 0 Å². The molecule has 0 aromatic heterocycles. The Hall–Kier alpha value is 0.01000. The monoisotopic (exact) mass is 349 g/mol. The molecular formula is C21H35NOS. The predicted octanol–water partition coefficient (Wildman–Crippen LogP) is 4.20. The standard InChI is InChI=1S/C21H35NOS/c1-20-9-7-15(23)13-14(20)3-4-16-17-5-6-19(22-11-12-24)21(17,2)10-8-18(16)20/h3,15-19,22-24H,4-13H2,1-2H3/t15-,16?,17?,18?,19-,20-,21-/m0/s1. The predicted molar refractivity (Wildman–Crippen MR) is 103 cm³/mol. The molecule has 0 bridgehead atoms. The van der Waals surface area contributed by atoms with Gasteiger partial charge in [0.05, 0.1) is 6.10 Å². The average Bonchev–Trinajstić information content (AvgIpc) is 2.90. The van der Waals surface area contributed by atoms with Gasteiger partial charge in [0.25, 0.3) is 0 Å². The van der Waals surface area contributed by atoms with Crippen LogP contribution in [0.5, 0.6) is 0 Å². The number of fused-ring (bicyclic) bond motifs is 5. The molecule has 0 aliphatic heterocycles. The second kappa shape index (κ2) is 6.32. The van der Waals surface area contributed by atoms with Crippen LogP contribution in [0.3, 0.4) is 0 Å². The van der Waals surface area contributed by atoms with E-state index >= 15 is 0 Å². The van der Waals surface area contributed by atoms with Crippen LogP contribution in [0.1, 0.15) is 65.2 Å². The summed E-state index contributed by atoms with van der Waals surface area (Å²) in [6.45, 7) is 6.14. The smallest absolute Gasteiger partial charge is 0.0577 e. The van der Waals surface area contributed by atoms with E-state index < -0.39 is 0 Å². The normalized spacial score (nSPS) is 50.7. The molecule has 4 aliphatic rings. The first-order valence-corrected chi connectivity index (χ1v) is 10.8. The van der Waals surface area contributed by atoms with Gasteiger partial charge in [-0.3, -0.25) is 0 Å². The zero-order chi connectivity index (χ0) is 16.9. The molecule has 0 aromatic carbocycles. The first-order chi connectivity index (χ1) is 11.5. The van der Waals surface area contributed by atoms with Crippen molar-refractivity contribution in [1.29, 1.82) is 0 Å². The van der Waals surface area contributed by atoms with Crippen LogP contribution in [0.15, 0.2) is 11.6 Å². The maximum absolute atomic E-state index is 10.1. The highest BCUT2D eigenvalue weighted by atomic mass is 32.1. The molecule has 3 fully saturated rings. The van der Waals surface area contributed by atoms with E-state index in [1.54, 1.807) is 5.57 Å². The largest absolute Gasteiger partial charge is 0.393 e. The number of hydrogen-bond acceptors (Lipinski definition) is 3. The van der Waals surface area contributed by atoms with Gasteiger partial charge < -0.3 is 10.4 Å². The van der Waals surface area contributed by atoms with Crippen LogP contribution in [0, 0.1) is 28.6 Å². The van der Waals surface area contributed by atoms with E-state index in [9.17, 15) is 5.11 Å². The fourth-order valence-corrected chi connectivity index (χ4v) is 7.34. The van der Waals surface area contributed by atoms with Crippen molar-refractivity contribution >= 4 is 12.6 Å². The molecule has 4 rings (SSSR count). The lowest BCUT2D eigenvalue weighted by molar-refractivity contribution is -0.0431. The van der Waals surface area contributed by atoms with Gasteiger partial charge in [-0.15, -0.1) is 0 Å². The van der Waals surface area contributed by atoms with Crippen molar-refractivity contribution in [2.24, 2.45) is 28.6 Å². The van der Waals surface area contributed by atoms with Crippen molar-refractivity contribution < 1.29 is 5.11 Å². The van der Waals surface area contributed by atoms with Crippen molar-refractivity contribution in [3.63, 3.8) is 0 Å². The first kappa shape index (κ1) is 17.4. The van der Waals surface area contributed by atoms with Crippen molar-refractivity contribution in [2.75, 3.05) is 12.3 Å². The fourth-order valence-electron chi connectivity index (χ4n) is 7.22. The SMILES string of the molecule is C[C@]12CC[C@H](O)CC1=CCC1C2CC[C@@]2(C)C1CC[C@@H]2NCCS. The molecule has 0 heterocycles. The summed E-state index contributed by atoms with van der Waals surface area (Å²) in [7, 11) is 0. The molecule has 7 atom stereocenters. The number of allylic oxidation sites excluding steroid dienone is 1. The van der Waals surface area contributed by atoms with E-state index in [-0.39, 0.29) is 6.10 Å². The highest BCUT2D eigenvalue weighted by Gasteiger charge is 2.58. The summed E-state index contributed by atoms with van der Waals surface area (Å²) in [6.07, 6.45) is 12.4. The molecule has 0 saturated heterocycles. The molecule has 3 unspecified atom stereocenters. The maximum Gasteiger partial charge on any atom is 0.0577 e. The van der Waals surface area contributed by atoms with Crippen LogP contribution < -0.4 is 5.32 Å². The minimum absolute atomic E-state index is 0.0870. The molecular weight excluding hydrogens is 314 g/mol. The molecule has 3 saturated carbocycles. The van der Waals surface area contributed by atoms with Crippen LogP contribution in [0.4, 0.5) is 0 Å². The van der Waals surface area contributed by atoms with Crippen molar-refractivity contribution in [3.8, 4) is 0 Å². The van der Waals surface area contributed by atoms with Gasteiger partial charge in [-0.2, -0.15) is 12.6 Å². The summed E-state index contributed by atoms with van der Waals surface area (Å²) in [6, 6.07) is 0.696. The summed E-state index contributed by atoms with van der Waals surface area (Å²) < 4.78 is 0. The van der Waals surface area contributed by atoms with Crippen molar-refractivity contribution in [2.45, 2.75) is 77.4 Å². The minimum Gasteiger partial charge on any atom is -0.393 e. The van der Waals surface area contributed by atoms with E-state index in [0.717, 1.165) is 42.9 Å². The molecule has 2 N–H and O–H groups in total. The molecule has 0 radical (unpaired) electrons. The Kier molecular flexibility index (Phi) is 4.59. The third kappa shape index (κ3) is 2.53. The zero-order valence-electron chi connectivity index (χ0n) is 15.4. The van der Waals surface area contributed by atoms with Crippen LogP contribution >= 0.6 is 12.6 Å². The Morgan fingerprint density at radius 3 is 2.79 bits per heavy atom. The van der Waals surface area contributed by atoms with Crippen molar-refractivity contribution in [1.82, 2.24) is 5.32 Å². The average molecular weight is 350 g/mol. The topological polar surface area (TPSA) is 32.3 Å². The van der Waals surface area contributed by atoms with Crippen LogP contribution in [-0.2, 0) is 0 Å². The Morgan fingerprint density at radius 1 is 1.17 bits per heavy atom. The Labute approximate surface area is 153 Å². The Morgan fingerprint density at radius 2 is 2.00 bits per heavy atom. The number of nitrogens with one attached hydrogen (secondary N) is 1. The highest BCUT2D eigenvalue weighted by Crippen LogP contribution is 2.64. The van der Waals surface area contributed by atoms with Gasteiger partial charge in [-0.25, -0.2) is 0 Å². The van der Waals surface area contributed by atoms with Gasteiger partial charge in [0.15, 0.2) is 0 Å². The molecule has 2 nitrogen and oxygen atoms in total. The van der Waals surface area contributed by atoms with E-state index in [1.807, 2.05) is 0 Å². The molecule has 3 heteroatoms. The summed E-state index contributed by atoms with van der Waals surface area (Å²) in [5.41, 5.74) is 2.45. The van der Waals surface area contributed by atoms with Gasteiger partial charge in [0, 0.05) is 18.3 Å². The zero-order valence-corrected chi connectivity index (χ0v) is 16.3. The second-order valence-electron chi connectivity index (χ2n) is 9.51. The van der Waals surface area contributed by atoms with E-state index in [1.165, 1.54) is 38.5 Å². The number of aliphatic hydroxyl groups is 1. The maximum atomic E-state index is 10.1. The number of aliphatic hydroxyl groups excluding tert-OH is 1. The lowest BCUT2D eigenvalue weighted by Crippen LogP contribution is -2.53. The third-order valence-electron chi connectivity index (χ3n) is 8.58. The Bertz CT molecular complexity index is 520. The van der Waals surface area contributed by atoms with Crippen LogP contribution in [-0.4, -0.2) is 29.5 Å². The van der Waals surface area contributed by atoms with Crippen LogP contribution in [0.2, 0.25) is 0 Å². The van der Waals surface area contributed by atoms with Gasteiger partial charge in [0.1, 0.15) is 0 Å². The highest BCUT2D eigenvalue weighted by molar-refractivity contribution is 7.80. The number of thiol groups is 1. The van der Waals surface area contributed by atoms with E-state index in [2.05, 4.69) is 37.9 Å². The number of hydrogen-bond donors (Lipinski definition) is 3. The minimum atomic E-state index is -0.0870. The molecule has 136 valence electrons. The molecule has 0 spiro atoms. The van der Waals surface area contributed by atoms with Gasteiger partial charge in [0.2, 0.25) is 0 Å². The van der Waals surface area contributed by atoms with E-state index in [0.29, 0.717) is 16.9 Å². The number of rotatable bonds is 3. The lowest BCUT2D eigenvalue weighted by atomic mass is 9.48. The molecule has 0 aromatic rings. The summed E-state index contributed by atoms with van der Waals surface area (Å²) in [5, 5.41) is 13.9. The molecule has 4 aliphatic carbocycles. The second-order valence-corrected chi connectivity index (χ2v) is 9.96. The Balaban J connectivity index is 1.58. The van der Waals surface area contributed by atoms with Gasteiger partial charge in [-0.1, -0.05) is 25.5 Å². The third-order valence-corrected chi connectivity index (χ3v) is 8.80. The molecule has 24 heavy (non-hydrogen) atoms. The van der Waals surface area contributed by atoms with E-state index in [4.69, 9.17) is 0 Å².